The second kappa shape index (κ2) is 4.39. The van der Waals surface area contributed by atoms with E-state index in [0.29, 0.717) is 0 Å². The van der Waals surface area contributed by atoms with Crippen LogP contribution in [0.25, 0.3) is 0 Å². The molecule has 0 radical (unpaired) electrons. The summed E-state index contributed by atoms with van der Waals surface area (Å²) in [4.78, 5) is 36.3. The molecule has 0 saturated carbocycles. The third kappa shape index (κ3) is 1.95. The zero-order valence-electron chi connectivity index (χ0n) is 9.42. The molecule has 8 heteroatoms. The number of aliphatic hydroxyl groups is 2. The molecular weight excluding hydrogens is 242 g/mol. The van der Waals surface area contributed by atoms with Crippen molar-refractivity contribution < 1.29 is 15.0 Å². The number of amides is 1. The zero-order chi connectivity index (χ0) is 13.3. The molecule has 1 aliphatic heterocycles. The number of nitrogens with zero attached hydrogens (tertiary/aromatic N) is 1. The summed E-state index contributed by atoms with van der Waals surface area (Å²) in [6, 6.07) is 0.278. The monoisotopic (exact) mass is 255 g/mol. The van der Waals surface area contributed by atoms with Crippen LogP contribution in [0.1, 0.15) is 12.5 Å². The van der Waals surface area contributed by atoms with Crippen molar-refractivity contribution in [3.8, 4) is 0 Å². The number of rotatable bonds is 3. The van der Waals surface area contributed by atoms with Crippen LogP contribution in [-0.2, 0) is 4.79 Å². The van der Waals surface area contributed by atoms with E-state index in [9.17, 15) is 24.6 Å². The van der Waals surface area contributed by atoms with Gasteiger partial charge in [-0.1, -0.05) is 0 Å². The Morgan fingerprint density at radius 1 is 1.33 bits per heavy atom. The first-order valence-electron chi connectivity index (χ1n) is 5.36. The number of hydrogen-bond acceptors (Lipinski definition) is 5. The Labute approximate surface area is 101 Å². The molecule has 1 aromatic rings. The molecule has 4 N–H and O–H groups in total. The maximum absolute atomic E-state index is 11.8. The highest BCUT2D eigenvalue weighted by Crippen LogP contribution is 2.27. The second-order valence-corrected chi connectivity index (χ2v) is 4.32. The Morgan fingerprint density at radius 2 is 2.00 bits per heavy atom. The summed E-state index contributed by atoms with van der Waals surface area (Å²) in [7, 11) is 0. The van der Waals surface area contributed by atoms with E-state index < -0.39 is 42.0 Å². The van der Waals surface area contributed by atoms with Gasteiger partial charge in [-0.3, -0.25) is 19.1 Å². The molecule has 18 heavy (non-hydrogen) atoms. The van der Waals surface area contributed by atoms with Crippen LogP contribution in [-0.4, -0.2) is 44.4 Å². The van der Waals surface area contributed by atoms with Crippen LogP contribution in [0.5, 0.6) is 0 Å². The van der Waals surface area contributed by atoms with E-state index in [2.05, 4.69) is 5.32 Å². The fourth-order valence-corrected chi connectivity index (χ4v) is 2.01. The number of aromatic amines is 1. The Hall–Kier alpha value is -1.93. The van der Waals surface area contributed by atoms with E-state index in [1.165, 1.54) is 6.20 Å². The van der Waals surface area contributed by atoms with Crippen molar-refractivity contribution in [3.63, 3.8) is 0 Å². The van der Waals surface area contributed by atoms with Crippen LogP contribution in [0.3, 0.4) is 0 Å². The van der Waals surface area contributed by atoms with Gasteiger partial charge in [-0.2, -0.15) is 0 Å². The smallest absolute Gasteiger partial charge is 0.329 e. The summed E-state index contributed by atoms with van der Waals surface area (Å²) in [6.45, 7) is -0.853. The molecule has 0 unspecified atom stereocenters. The number of H-pyrrole nitrogens is 1. The summed E-state index contributed by atoms with van der Waals surface area (Å²) in [5.41, 5.74) is -2.38. The van der Waals surface area contributed by atoms with E-state index >= 15 is 0 Å². The fourth-order valence-electron chi connectivity index (χ4n) is 2.01. The minimum atomic E-state index is -1.13. The molecular formula is C10H13N3O5. The van der Waals surface area contributed by atoms with Crippen LogP contribution in [0.15, 0.2) is 21.9 Å². The molecule has 0 spiro atoms. The molecule has 1 saturated heterocycles. The van der Waals surface area contributed by atoms with Gasteiger partial charge < -0.3 is 15.5 Å². The van der Waals surface area contributed by atoms with Gasteiger partial charge >= 0.3 is 5.69 Å². The summed E-state index contributed by atoms with van der Waals surface area (Å²) in [5.74, 6) is -0.479. The van der Waals surface area contributed by atoms with E-state index in [-0.39, 0.29) is 6.42 Å². The van der Waals surface area contributed by atoms with Crippen LogP contribution < -0.4 is 16.6 Å². The predicted molar refractivity (Wildman–Crippen MR) is 60.0 cm³/mol. The number of carbonyl (C=O) groups excluding carboxylic acids is 1. The van der Waals surface area contributed by atoms with Gasteiger partial charge in [0, 0.05) is 18.7 Å². The molecule has 8 nitrogen and oxygen atoms in total. The SMILES string of the molecule is O=C1NC(CO)(CO)C[C@@H]1n1ccc(=O)[nH]c1=O. The van der Waals surface area contributed by atoms with Gasteiger partial charge in [0.05, 0.1) is 18.8 Å². The average molecular weight is 255 g/mol. The Bertz CT molecular complexity index is 571. The summed E-state index contributed by atoms with van der Waals surface area (Å²) < 4.78 is 1.07. The van der Waals surface area contributed by atoms with Gasteiger partial charge in [-0.05, 0) is 0 Å². The van der Waals surface area contributed by atoms with Gasteiger partial charge in [-0.25, -0.2) is 4.79 Å². The topological polar surface area (TPSA) is 124 Å². The highest BCUT2D eigenvalue weighted by Gasteiger charge is 2.44. The molecule has 1 atom stereocenters. The molecule has 0 aliphatic carbocycles. The van der Waals surface area contributed by atoms with Crippen molar-refractivity contribution in [2.45, 2.75) is 18.0 Å². The Kier molecular flexibility index (Phi) is 3.05. The lowest BCUT2D eigenvalue weighted by molar-refractivity contribution is -0.122. The second-order valence-electron chi connectivity index (χ2n) is 4.32. The molecule has 1 fully saturated rings. The van der Waals surface area contributed by atoms with Gasteiger partial charge in [0.2, 0.25) is 5.91 Å². The lowest BCUT2D eigenvalue weighted by Gasteiger charge is -2.23. The van der Waals surface area contributed by atoms with Crippen LogP contribution >= 0.6 is 0 Å². The first-order valence-corrected chi connectivity index (χ1v) is 5.36. The van der Waals surface area contributed by atoms with Crippen molar-refractivity contribution >= 4 is 5.91 Å². The van der Waals surface area contributed by atoms with E-state index in [4.69, 9.17) is 0 Å². The van der Waals surface area contributed by atoms with Crippen molar-refractivity contribution in [2.24, 2.45) is 0 Å². The highest BCUT2D eigenvalue weighted by molar-refractivity contribution is 5.83. The first kappa shape index (κ1) is 12.5. The van der Waals surface area contributed by atoms with E-state index in [1.54, 1.807) is 0 Å². The zero-order valence-corrected chi connectivity index (χ0v) is 9.42. The largest absolute Gasteiger partial charge is 0.394 e. The first-order chi connectivity index (χ1) is 8.51. The maximum atomic E-state index is 11.8. The minimum Gasteiger partial charge on any atom is -0.394 e. The third-order valence-electron chi connectivity index (χ3n) is 3.07. The average Bonchev–Trinajstić information content (AvgIpc) is 2.67. The summed E-state index contributed by atoms with van der Waals surface area (Å²) >= 11 is 0. The molecule has 0 aromatic carbocycles. The van der Waals surface area contributed by atoms with E-state index in [1.807, 2.05) is 4.98 Å². The number of nitrogens with one attached hydrogen (secondary N) is 2. The van der Waals surface area contributed by atoms with Crippen LogP contribution in [0.4, 0.5) is 0 Å². The normalized spacial score (nSPS) is 21.9. The molecule has 1 amide bonds. The Balaban J connectivity index is 2.38. The van der Waals surface area contributed by atoms with Gasteiger partial charge in [-0.15, -0.1) is 0 Å². The quantitative estimate of drug-likeness (QED) is 0.468. The molecule has 2 rings (SSSR count). The van der Waals surface area contributed by atoms with Crippen molar-refractivity contribution in [1.82, 2.24) is 14.9 Å². The summed E-state index contributed by atoms with van der Waals surface area (Å²) in [5, 5.41) is 20.9. The van der Waals surface area contributed by atoms with Crippen molar-refractivity contribution in [3.05, 3.63) is 33.1 Å². The van der Waals surface area contributed by atoms with Gasteiger partial charge in [0.1, 0.15) is 6.04 Å². The lowest BCUT2D eigenvalue weighted by Crippen LogP contribution is -2.48. The molecule has 2 heterocycles. The molecule has 98 valence electrons. The van der Waals surface area contributed by atoms with Crippen molar-refractivity contribution in [2.75, 3.05) is 13.2 Å². The fraction of sp³-hybridized carbons (Fsp3) is 0.500. The van der Waals surface area contributed by atoms with Crippen LogP contribution in [0.2, 0.25) is 0 Å². The highest BCUT2D eigenvalue weighted by atomic mass is 16.3. The maximum Gasteiger partial charge on any atom is 0.329 e. The number of aliphatic hydroxyl groups excluding tert-OH is 2. The lowest BCUT2D eigenvalue weighted by atomic mass is 9.98. The molecule has 1 aromatic heterocycles. The minimum absolute atomic E-state index is 0.0742. The number of carbonyl (C=O) groups is 1. The molecule has 0 bridgehead atoms. The Morgan fingerprint density at radius 3 is 2.50 bits per heavy atom. The molecule has 1 aliphatic rings. The van der Waals surface area contributed by atoms with Crippen molar-refractivity contribution in [1.29, 1.82) is 0 Å². The van der Waals surface area contributed by atoms with E-state index in [0.717, 1.165) is 10.6 Å². The standard InChI is InChI=1S/C10H13N3O5/c14-4-10(5-15)3-6(8(17)12-10)13-2-1-7(16)11-9(13)18/h1-2,6,14-15H,3-5H2,(H,12,17)(H,11,16,18)/t6-/m0/s1. The predicted octanol–water partition coefficient (Wildman–Crippen LogP) is -2.68. The number of aromatic nitrogens is 2. The van der Waals surface area contributed by atoms with Gasteiger partial charge in [0.25, 0.3) is 5.56 Å². The number of hydrogen-bond donors (Lipinski definition) is 4. The summed E-state index contributed by atoms with van der Waals surface area (Å²) in [6.07, 6.45) is 1.29. The van der Waals surface area contributed by atoms with Gasteiger partial charge in [0.15, 0.2) is 0 Å². The third-order valence-corrected chi connectivity index (χ3v) is 3.07. The van der Waals surface area contributed by atoms with Crippen LogP contribution in [0, 0.1) is 0 Å².